The first kappa shape index (κ1) is 18.9. The molecule has 0 spiro atoms. The Bertz CT molecular complexity index is 762. The quantitative estimate of drug-likeness (QED) is 0.644. The molecule has 0 aromatic heterocycles. The fourth-order valence-electron chi connectivity index (χ4n) is 2.73. The van der Waals surface area contributed by atoms with Gasteiger partial charge in [0.2, 0.25) is 0 Å². The van der Waals surface area contributed by atoms with Gasteiger partial charge in [-0.1, -0.05) is 34.1 Å². The topological polar surface area (TPSA) is 59.6 Å². The summed E-state index contributed by atoms with van der Waals surface area (Å²) in [6.07, 6.45) is 0. The maximum absolute atomic E-state index is 11.6. The van der Waals surface area contributed by atoms with E-state index in [0.717, 1.165) is 47.9 Å². The van der Waals surface area contributed by atoms with E-state index in [1.807, 2.05) is 18.2 Å². The molecule has 1 heterocycles. The van der Waals surface area contributed by atoms with E-state index < -0.39 is 0 Å². The summed E-state index contributed by atoms with van der Waals surface area (Å²) in [6, 6.07) is 13.5. The zero-order valence-corrected chi connectivity index (χ0v) is 16.3. The molecular formula is C20H23BrN2O3. The predicted molar refractivity (Wildman–Crippen MR) is 104 cm³/mol. The van der Waals surface area contributed by atoms with Crippen LogP contribution in [0.2, 0.25) is 0 Å². The Hall–Kier alpha value is -1.89. The third kappa shape index (κ3) is 5.06. The number of rotatable bonds is 8. The molecule has 0 radical (unpaired) electrons. The average Bonchev–Trinajstić information content (AvgIpc) is 2.62. The van der Waals surface area contributed by atoms with Gasteiger partial charge in [-0.15, -0.1) is 0 Å². The molecule has 0 amide bonds. The van der Waals surface area contributed by atoms with Gasteiger partial charge in [0.15, 0.2) is 0 Å². The highest BCUT2D eigenvalue weighted by molar-refractivity contribution is 9.10. The molecule has 0 saturated carbocycles. The van der Waals surface area contributed by atoms with Crippen molar-refractivity contribution >= 4 is 21.9 Å². The predicted octanol–water partition coefficient (Wildman–Crippen LogP) is 3.12. The molecule has 1 aliphatic heterocycles. The minimum absolute atomic E-state index is 0.351. The van der Waals surface area contributed by atoms with Crippen LogP contribution in [-0.2, 0) is 17.9 Å². The van der Waals surface area contributed by atoms with Crippen molar-refractivity contribution in [1.29, 1.82) is 0 Å². The minimum atomic E-state index is -0.351. The molecule has 26 heavy (non-hydrogen) atoms. The zero-order valence-electron chi connectivity index (χ0n) is 14.8. The molecule has 6 heteroatoms. The maximum atomic E-state index is 11.6. The summed E-state index contributed by atoms with van der Waals surface area (Å²) in [4.78, 5) is 11.6. The van der Waals surface area contributed by atoms with E-state index in [9.17, 15) is 4.79 Å². The van der Waals surface area contributed by atoms with Crippen molar-refractivity contribution < 1.29 is 14.3 Å². The third-order valence-electron chi connectivity index (χ3n) is 4.40. The van der Waals surface area contributed by atoms with E-state index in [1.54, 1.807) is 12.1 Å². The second kappa shape index (κ2) is 9.16. The maximum Gasteiger partial charge on any atom is 0.337 e. The van der Waals surface area contributed by atoms with Crippen molar-refractivity contribution in [1.82, 2.24) is 10.6 Å². The van der Waals surface area contributed by atoms with Gasteiger partial charge in [-0.2, -0.15) is 0 Å². The number of hydrogen-bond donors (Lipinski definition) is 2. The summed E-state index contributed by atoms with van der Waals surface area (Å²) < 4.78 is 11.5. The average molecular weight is 419 g/mol. The molecule has 1 aliphatic rings. The highest BCUT2D eigenvalue weighted by atomic mass is 79.9. The van der Waals surface area contributed by atoms with Crippen LogP contribution < -0.4 is 15.4 Å². The third-order valence-corrected chi connectivity index (χ3v) is 5.13. The van der Waals surface area contributed by atoms with E-state index in [0.29, 0.717) is 12.2 Å². The Morgan fingerprint density at radius 3 is 2.81 bits per heavy atom. The largest absolute Gasteiger partial charge is 0.489 e. The fraction of sp³-hybridized carbons (Fsp3) is 0.350. The molecule has 3 rings (SSSR count). The summed E-state index contributed by atoms with van der Waals surface area (Å²) in [6.45, 7) is 4.52. The van der Waals surface area contributed by atoms with Crippen molar-refractivity contribution in [3.8, 4) is 5.75 Å². The molecule has 0 unspecified atom stereocenters. The van der Waals surface area contributed by atoms with E-state index in [4.69, 9.17) is 9.47 Å². The second-order valence-electron chi connectivity index (χ2n) is 6.39. The zero-order chi connectivity index (χ0) is 18.4. The van der Waals surface area contributed by atoms with Crippen LogP contribution in [0.5, 0.6) is 5.75 Å². The first-order valence-corrected chi connectivity index (χ1v) is 9.45. The number of esters is 1. The summed E-state index contributed by atoms with van der Waals surface area (Å²) in [5.41, 5.74) is 2.69. The molecule has 2 N–H and O–H groups in total. The lowest BCUT2D eigenvalue weighted by molar-refractivity contribution is 0.0600. The summed E-state index contributed by atoms with van der Waals surface area (Å²) in [5, 5.41) is 6.77. The van der Waals surface area contributed by atoms with Gasteiger partial charge < -0.3 is 20.1 Å². The lowest BCUT2D eigenvalue weighted by atomic mass is 10.0. The summed E-state index contributed by atoms with van der Waals surface area (Å²) in [7, 11) is 1.37. The van der Waals surface area contributed by atoms with Crippen LogP contribution in [0.1, 0.15) is 21.5 Å². The van der Waals surface area contributed by atoms with Gasteiger partial charge in [0.05, 0.1) is 12.7 Å². The Kier molecular flexibility index (Phi) is 6.66. The molecule has 0 bridgehead atoms. The van der Waals surface area contributed by atoms with Gasteiger partial charge in [-0.3, -0.25) is 0 Å². The summed E-state index contributed by atoms with van der Waals surface area (Å²) >= 11 is 3.49. The molecule has 0 aliphatic carbocycles. The molecule has 5 nitrogen and oxygen atoms in total. The van der Waals surface area contributed by atoms with E-state index >= 15 is 0 Å². The molecule has 1 fully saturated rings. The number of ether oxygens (including phenoxy) is 2. The van der Waals surface area contributed by atoms with Crippen molar-refractivity contribution in [3.05, 3.63) is 63.6 Å². The number of nitrogens with one attached hydrogen (secondary N) is 2. The normalized spacial score (nSPS) is 13.9. The van der Waals surface area contributed by atoms with Crippen molar-refractivity contribution in [3.63, 3.8) is 0 Å². The fourth-order valence-corrected chi connectivity index (χ4v) is 3.22. The van der Waals surface area contributed by atoms with E-state index in [1.165, 1.54) is 12.7 Å². The number of carbonyl (C=O) groups is 1. The number of halogens is 1. The molecule has 0 atom stereocenters. The van der Waals surface area contributed by atoms with Crippen molar-refractivity contribution in [2.45, 2.75) is 13.2 Å². The first-order valence-electron chi connectivity index (χ1n) is 8.65. The molecule has 2 aromatic rings. The Morgan fingerprint density at radius 1 is 1.27 bits per heavy atom. The number of carbonyl (C=O) groups excluding carboxylic acids is 1. The Labute approximate surface area is 162 Å². The Morgan fingerprint density at radius 2 is 2.12 bits per heavy atom. The van der Waals surface area contributed by atoms with Gasteiger partial charge >= 0.3 is 5.97 Å². The SMILES string of the molecule is COC(=O)c1ccc(COc2cccc(CNCC3CNC3)c2)c(Br)c1. The van der Waals surface area contributed by atoms with Crippen LogP contribution in [0.25, 0.3) is 0 Å². The number of methoxy groups -OCH3 is 1. The Balaban J connectivity index is 1.54. The van der Waals surface area contributed by atoms with Crippen LogP contribution in [0.3, 0.4) is 0 Å². The molecule has 2 aromatic carbocycles. The highest BCUT2D eigenvalue weighted by Gasteiger charge is 2.15. The molecular weight excluding hydrogens is 396 g/mol. The monoisotopic (exact) mass is 418 g/mol. The van der Waals surface area contributed by atoms with Gasteiger partial charge in [0.25, 0.3) is 0 Å². The molecule has 1 saturated heterocycles. The molecule has 138 valence electrons. The van der Waals surface area contributed by atoms with Gasteiger partial charge in [-0.05, 0) is 35.7 Å². The van der Waals surface area contributed by atoms with Crippen LogP contribution in [-0.4, -0.2) is 32.7 Å². The minimum Gasteiger partial charge on any atom is -0.489 e. The van der Waals surface area contributed by atoms with Gasteiger partial charge in [-0.25, -0.2) is 4.79 Å². The smallest absolute Gasteiger partial charge is 0.337 e. The van der Waals surface area contributed by atoms with Gasteiger partial charge in [0, 0.05) is 36.2 Å². The number of hydrogen-bond acceptors (Lipinski definition) is 5. The van der Waals surface area contributed by atoms with Crippen LogP contribution in [0.4, 0.5) is 0 Å². The van der Waals surface area contributed by atoms with Crippen LogP contribution in [0, 0.1) is 5.92 Å². The lowest BCUT2D eigenvalue weighted by Gasteiger charge is -2.27. The van der Waals surface area contributed by atoms with Gasteiger partial charge in [0.1, 0.15) is 12.4 Å². The van der Waals surface area contributed by atoms with E-state index in [2.05, 4.69) is 38.7 Å². The van der Waals surface area contributed by atoms with Crippen molar-refractivity contribution in [2.24, 2.45) is 5.92 Å². The highest BCUT2D eigenvalue weighted by Crippen LogP contribution is 2.22. The van der Waals surface area contributed by atoms with E-state index in [-0.39, 0.29) is 5.97 Å². The van der Waals surface area contributed by atoms with Crippen molar-refractivity contribution in [2.75, 3.05) is 26.7 Å². The second-order valence-corrected chi connectivity index (χ2v) is 7.24. The standard InChI is InChI=1S/C20H23BrN2O3/c1-25-20(24)16-5-6-17(19(21)8-16)13-26-18-4-2-3-14(7-18)9-22-10-15-11-23-12-15/h2-8,15,22-23H,9-13H2,1H3. The van der Waals surface area contributed by atoms with Crippen LogP contribution in [0.15, 0.2) is 46.9 Å². The lowest BCUT2D eigenvalue weighted by Crippen LogP contribution is -2.47. The first-order chi connectivity index (χ1) is 12.7. The summed E-state index contributed by atoms with van der Waals surface area (Å²) in [5.74, 6) is 1.23. The number of benzene rings is 2. The van der Waals surface area contributed by atoms with Crippen LogP contribution >= 0.6 is 15.9 Å².